The summed E-state index contributed by atoms with van der Waals surface area (Å²) in [5, 5.41) is 13.6. The fraction of sp³-hybridized carbons (Fsp3) is 0.500. The summed E-state index contributed by atoms with van der Waals surface area (Å²) in [5.41, 5.74) is 0.895. The van der Waals surface area contributed by atoms with Gasteiger partial charge in [0.25, 0.3) is 0 Å². The molecule has 0 saturated heterocycles. The van der Waals surface area contributed by atoms with E-state index in [9.17, 15) is 5.11 Å². The van der Waals surface area contributed by atoms with Crippen LogP contribution in [-0.4, -0.2) is 28.0 Å². The third-order valence-electron chi connectivity index (χ3n) is 3.89. The van der Waals surface area contributed by atoms with Crippen LogP contribution in [0.25, 0.3) is 11.4 Å². The molecule has 1 saturated carbocycles. The van der Waals surface area contributed by atoms with Gasteiger partial charge in [-0.2, -0.15) is 4.98 Å². The number of ether oxygens (including phenoxy) is 1. The number of aliphatic hydroxyl groups excluding tert-OH is 1. The highest BCUT2D eigenvalue weighted by molar-refractivity contribution is 5.56. The average molecular weight is 288 g/mol. The fourth-order valence-corrected chi connectivity index (χ4v) is 2.73. The average Bonchev–Trinajstić information content (AvgIpc) is 2.98. The Balaban J connectivity index is 1.76. The Labute approximate surface area is 123 Å². The van der Waals surface area contributed by atoms with Crippen molar-refractivity contribution in [3.05, 3.63) is 30.2 Å². The van der Waals surface area contributed by atoms with E-state index < -0.39 is 0 Å². The quantitative estimate of drug-likeness (QED) is 0.936. The molecule has 1 aliphatic rings. The third kappa shape index (κ3) is 3.24. The summed E-state index contributed by atoms with van der Waals surface area (Å²) < 4.78 is 10.9. The number of hydrogen-bond donors (Lipinski definition) is 1. The fourth-order valence-electron chi connectivity index (χ4n) is 2.73. The summed E-state index contributed by atoms with van der Waals surface area (Å²) in [5.74, 6) is 2.35. The van der Waals surface area contributed by atoms with E-state index in [1.165, 1.54) is 0 Å². The number of aromatic nitrogens is 2. The van der Waals surface area contributed by atoms with Crippen LogP contribution in [0.15, 0.2) is 28.8 Å². The molecular weight excluding hydrogens is 268 g/mol. The molecule has 5 heteroatoms. The molecular formula is C16H20N2O3. The topological polar surface area (TPSA) is 68.4 Å². The molecule has 0 bridgehead atoms. The molecule has 5 nitrogen and oxygen atoms in total. The van der Waals surface area contributed by atoms with E-state index in [0.717, 1.165) is 37.0 Å². The Morgan fingerprint density at radius 2 is 2.10 bits per heavy atom. The number of aliphatic hydroxyl groups is 1. The van der Waals surface area contributed by atoms with Gasteiger partial charge in [0, 0.05) is 11.5 Å². The van der Waals surface area contributed by atoms with Crippen LogP contribution < -0.4 is 4.74 Å². The molecule has 1 N–H and O–H groups in total. The zero-order valence-corrected chi connectivity index (χ0v) is 12.2. The highest BCUT2D eigenvalue weighted by atomic mass is 16.5. The summed E-state index contributed by atoms with van der Waals surface area (Å²) in [6, 6.07) is 7.70. The van der Waals surface area contributed by atoms with Crippen molar-refractivity contribution >= 4 is 0 Å². The summed E-state index contributed by atoms with van der Waals surface area (Å²) in [7, 11) is 0. The summed E-state index contributed by atoms with van der Waals surface area (Å²) in [4.78, 5) is 4.52. The first-order chi connectivity index (χ1) is 10.3. The van der Waals surface area contributed by atoms with Gasteiger partial charge < -0.3 is 14.4 Å². The molecule has 0 amide bonds. The smallest absolute Gasteiger partial charge is 0.230 e. The zero-order chi connectivity index (χ0) is 14.7. The van der Waals surface area contributed by atoms with Crippen LogP contribution in [0.2, 0.25) is 0 Å². The van der Waals surface area contributed by atoms with Crippen LogP contribution >= 0.6 is 0 Å². The summed E-state index contributed by atoms with van der Waals surface area (Å²) >= 11 is 0. The van der Waals surface area contributed by atoms with Crippen molar-refractivity contribution in [2.24, 2.45) is 0 Å². The van der Waals surface area contributed by atoms with Gasteiger partial charge in [0.15, 0.2) is 0 Å². The monoisotopic (exact) mass is 288 g/mol. The maximum Gasteiger partial charge on any atom is 0.230 e. The highest BCUT2D eigenvalue weighted by Gasteiger charge is 2.25. The molecule has 1 aromatic carbocycles. The van der Waals surface area contributed by atoms with Crippen molar-refractivity contribution in [1.29, 1.82) is 0 Å². The van der Waals surface area contributed by atoms with Crippen LogP contribution in [0.4, 0.5) is 0 Å². The van der Waals surface area contributed by atoms with Crippen molar-refractivity contribution in [2.75, 3.05) is 6.61 Å². The second-order valence-electron chi connectivity index (χ2n) is 5.42. The van der Waals surface area contributed by atoms with Gasteiger partial charge in [0.1, 0.15) is 5.75 Å². The van der Waals surface area contributed by atoms with Gasteiger partial charge in [-0.1, -0.05) is 17.3 Å². The largest absolute Gasteiger partial charge is 0.494 e. The molecule has 1 aliphatic carbocycles. The van der Waals surface area contributed by atoms with Gasteiger partial charge in [0.05, 0.1) is 12.7 Å². The molecule has 112 valence electrons. The van der Waals surface area contributed by atoms with E-state index in [-0.39, 0.29) is 12.0 Å². The predicted molar refractivity (Wildman–Crippen MR) is 78.1 cm³/mol. The minimum atomic E-state index is -0.175. The van der Waals surface area contributed by atoms with Gasteiger partial charge in [-0.15, -0.1) is 0 Å². The van der Waals surface area contributed by atoms with Crippen molar-refractivity contribution in [3.8, 4) is 17.1 Å². The van der Waals surface area contributed by atoms with Gasteiger partial charge >= 0.3 is 0 Å². The minimum Gasteiger partial charge on any atom is -0.494 e. The molecule has 0 radical (unpaired) electrons. The molecule has 0 aliphatic heterocycles. The molecule has 2 aromatic rings. The maximum absolute atomic E-state index is 9.56. The van der Waals surface area contributed by atoms with Crippen molar-refractivity contribution in [1.82, 2.24) is 10.1 Å². The summed E-state index contributed by atoms with van der Waals surface area (Å²) in [6.45, 7) is 2.59. The molecule has 1 aromatic heterocycles. The molecule has 1 fully saturated rings. The predicted octanol–water partition coefficient (Wildman–Crippen LogP) is 3.15. The maximum atomic E-state index is 9.56. The Kier molecular flexibility index (Phi) is 4.20. The molecule has 0 unspecified atom stereocenters. The van der Waals surface area contributed by atoms with E-state index in [4.69, 9.17) is 9.26 Å². The standard InChI is InChI=1S/C16H20N2O3/c1-2-20-14-5-3-4-12(10-14)15-17-16(21-18-15)11-6-8-13(19)9-7-11/h3-5,10-11,13,19H,2,6-9H2,1H3. The summed E-state index contributed by atoms with van der Waals surface area (Å²) in [6.07, 6.45) is 3.25. The normalized spacial score (nSPS) is 22.2. The molecule has 21 heavy (non-hydrogen) atoms. The first-order valence-electron chi connectivity index (χ1n) is 7.51. The zero-order valence-electron chi connectivity index (χ0n) is 12.2. The third-order valence-corrected chi connectivity index (χ3v) is 3.89. The van der Waals surface area contributed by atoms with Gasteiger partial charge in [-0.05, 0) is 44.7 Å². The Morgan fingerprint density at radius 1 is 1.29 bits per heavy atom. The molecule has 0 atom stereocenters. The molecule has 0 spiro atoms. The van der Waals surface area contributed by atoms with E-state index in [1.54, 1.807) is 0 Å². The second kappa shape index (κ2) is 6.26. The Hall–Kier alpha value is -1.88. The van der Waals surface area contributed by atoms with Gasteiger partial charge in [-0.3, -0.25) is 0 Å². The number of benzene rings is 1. The number of hydrogen-bond acceptors (Lipinski definition) is 5. The van der Waals surface area contributed by atoms with Crippen molar-refractivity contribution in [2.45, 2.75) is 44.6 Å². The van der Waals surface area contributed by atoms with E-state index >= 15 is 0 Å². The highest BCUT2D eigenvalue weighted by Crippen LogP contribution is 2.33. The lowest BCUT2D eigenvalue weighted by Crippen LogP contribution is -2.17. The lowest BCUT2D eigenvalue weighted by Gasteiger charge is -2.22. The number of nitrogens with zero attached hydrogens (tertiary/aromatic N) is 2. The first-order valence-corrected chi connectivity index (χ1v) is 7.51. The van der Waals surface area contributed by atoms with E-state index in [1.807, 2.05) is 31.2 Å². The Morgan fingerprint density at radius 3 is 2.86 bits per heavy atom. The van der Waals surface area contributed by atoms with Crippen molar-refractivity contribution < 1.29 is 14.4 Å². The Bertz CT molecular complexity index is 589. The molecule has 1 heterocycles. The van der Waals surface area contributed by atoms with Crippen LogP contribution in [0.1, 0.15) is 44.4 Å². The van der Waals surface area contributed by atoms with Crippen molar-refractivity contribution in [3.63, 3.8) is 0 Å². The number of rotatable bonds is 4. The van der Waals surface area contributed by atoms with Gasteiger partial charge in [-0.25, -0.2) is 0 Å². The second-order valence-corrected chi connectivity index (χ2v) is 5.42. The molecule has 3 rings (SSSR count). The van der Waals surface area contributed by atoms with Crippen LogP contribution in [-0.2, 0) is 0 Å². The van der Waals surface area contributed by atoms with Crippen LogP contribution in [0.3, 0.4) is 0 Å². The van der Waals surface area contributed by atoms with Gasteiger partial charge in [0.2, 0.25) is 11.7 Å². The lowest BCUT2D eigenvalue weighted by atomic mass is 9.87. The van der Waals surface area contributed by atoms with Crippen LogP contribution in [0, 0.1) is 0 Å². The first kappa shape index (κ1) is 14.1. The van der Waals surface area contributed by atoms with Crippen LogP contribution in [0.5, 0.6) is 5.75 Å². The van der Waals surface area contributed by atoms with E-state index in [0.29, 0.717) is 18.3 Å². The minimum absolute atomic E-state index is 0.175. The lowest BCUT2D eigenvalue weighted by molar-refractivity contribution is 0.116. The van der Waals surface area contributed by atoms with E-state index in [2.05, 4.69) is 10.1 Å². The SMILES string of the molecule is CCOc1cccc(-c2noc(C3CCC(O)CC3)n2)c1.